The van der Waals surface area contributed by atoms with Crippen LogP contribution < -0.4 is 20.3 Å². The Hall–Kier alpha value is -3.75. The van der Waals surface area contributed by atoms with Crippen LogP contribution in [0.1, 0.15) is 67.8 Å². The molecule has 9 nitrogen and oxygen atoms in total. The molecule has 3 fully saturated rings. The van der Waals surface area contributed by atoms with E-state index in [4.69, 9.17) is 4.74 Å². The monoisotopic (exact) mass is 546 g/mol. The molecule has 1 aromatic heterocycles. The molecule has 0 spiro atoms. The summed E-state index contributed by atoms with van der Waals surface area (Å²) < 4.78 is 5.30. The number of ether oxygens (including phenoxy) is 1. The van der Waals surface area contributed by atoms with Crippen molar-refractivity contribution >= 4 is 29.3 Å². The van der Waals surface area contributed by atoms with E-state index < -0.39 is 17.9 Å². The standard InChI is InChI=1S/C31H38N4O5/c1-19(30(38)32-24-16-21-10-11-22(24)14-21)13-26(36)25(15-20-7-4-3-5-8-20)33-31(39)23-17-27(34-28(18-23)40-2)35-12-6-9-29(35)37/h3-5,7-8,17-19,21-22,24-25H,6,9-16H2,1-2H3,(H,32,38)(H,33,39)/t19?,21?,22?,24?,25-/m0/s1. The zero-order valence-corrected chi connectivity index (χ0v) is 23.2. The summed E-state index contributed by atoms with van der Waals surface area (Å²) in [5, 5.41) is 6.08. The van der Waals surface area contributed by atoms with E-state index in [-0.39, 0.29) is 41.5 Å². The van der Waals surface area contributed by atoms with E-state index in [9.17, 15) is 19.2 Å². The number of aromatic nitrogens is 1. The third-order valence-corrected chi connectivity index (χ3v) is 8.61. The number of carbonyl (C=O) groups is 4. The van der Waals surface area contributed by atoms with Gasteiger partial charge in [-0.15, -0.1) is 0 Å². The number of pyridine rings is 1. The first-order chi connectivity index (χ1) is 19.3. The van der Waals surface area contributed by atoms with Gasteiger partial charge in [0.15, 0.2) is 5.78 Å². The number of ketones is 1. The second kappa shape index (κ2) is 12.2. The molecular weight excluding hydrogens is 508 g/mol. The van der Waals surface area contributed by atoms with E-state index >= 15 is 0 Å². The van der Waals surface area contributed by atoms with Crippen LogP contribution in [0.15, 0.2) is 42.5 Å². The fourth-order valence-electron chi connectivity index (χ4n) is 6.38. The average Bonchev–Trinajstić information content (AvgIpc) is 3.70. The summed E-state index contributed by atoms with van der Waals surface area (Å²) in [5.41, 5.74) is 1.14. The normalized spacial score (nSPS) is 23.1. The topological polar surface area (TPSA) is 118 Å². The Labute approximate surface area is 235 Å². The maximum absolute atomic E-state index is 13.6. The summed E-state index contributed by atoms with van der Waals surface area (Å²) in [4.78, 5) is 58.2. The number of nitrogens with zero attached hydrogens (tertiary/aromatic N) is 2. The molecular formula is C31H38N4O5. The lowest BCUT2D eigenvalue weighted by atomic mass is 9.92. The fourth-order valence-corrected chi connectivity index (χ4v) is 6.38. The Bertz CT molecular complexity index is 1270. The van der Waals surface area contributed by atoms with Crippen LogP contribution in [0.2, 0.25) is 0 Å². The van der Waals surface area contributed by atoms with Crippen molar-refractivity contribution in [2.75, 3.05) is 18.6 Å². The molecule has 40 heavy (non-hydrogen) atoms. The number of rotatable bonds is 11. The Morgan fingerprint density at radius 3 is 2.58 bits per heavy atom. The number of amides is 3. The molecule has 1 aromatic carbocycles. The molecule has 1 saturated heterocycles. The summed E-state index contributed by atoms with van der Waals surface area (Å²) >= 11 is 0. The molecule has 1 aliphatic heterocycles. The first kappa shape index (κ1) is 27.8. The minimum atomic E-state index is -0.830. The van der Waals surface area contributed by atoms with Gasteiger partial charge in [0.05, 0.1) is 13.2 Å². The summed E-state index contributed by atoms with van der Waals surface area (Å²) in [6.45, 7) is 2.30. The summed E-state index contributed by atoms with van der Waals surface area (Å²) in [5.74, 6) is 0.495. The lowest BCUT2D eigenvalue weighted by Gasteiger charge is -2.25. The van der Waals surface area contributed by atoms with Crippen molar-refractivity contribution in [1.82, 2.24) is 15.6 Å². The van der Waals surface area contributed by atoms with E-state index in [0.717, 1.165) is 18.4 Å². The van der Waals surface area contributed by atoms with Crippen LogP contribution in [0, 0.1) is 17.8 Å². The highest BCUT2D eigenvalue weighted by atomic mass is 16.5. The Balaban J connectivity index is 1.29. The molecule has 2 saturated carbocycles. The number of hydrogen-bond acceptors (Lipinski definition) is 6. The van der Waals surface area contributed by atoms with Gasteiger partial charge in [-0.1, -0.05) is 43.7 Å². The number of benzene rings is 1. The highest BCUT2D eigenvalue weighted by Gasteiger charge is 2.40. The molecule has 3 aliphatic rings. The van der Waals surface area contributed by atoms with Crippen molar-refractivity contribution < 1.29 is 23.9 Å². The van der Waals surface area contributed by atoms with Gasteiger partial charge in [-0.05, 0) is 55.6 Å². The van der Waals surface area contributed by atoms with E-state index in [1.807, 2.05) is 30.3 Å². The number of fused-ring (bicyclic) bond motifs is 2. The molecule has 0 radical (unpaired) electrons. The maximum atomic E-state index is 13.6. The third-order valence-electron chi connectivity index (χ3n) is 8.61. The van der Waals surface area contributed by atoms with Crippen LogP contribution in [0.5, 0.6) is 5.88 Å². The van der Waals surface area contributed by atoms with Gasteiger partial charge in [-0.25, -0.2) is 0 Å². The predicted octanol–water partition coefficient (Wildman–Crippen LogP) is 3.46. The lowest BCUT2D eigenvalue weighted by molar-refractivity contribution is -0.130. The van der Waals surface area contributed by atoms with E-state index in [0.29, 0.717) is 37.0 Å². The van der Waals surface area contributed by atoms with Gasteiger partial charge in [0.25, 0.3) is 5.91 Å². The number of nitrogens with one attached hydrogen (secondary N) is 2. The van der Waals surface area contributed by atoms with Gasteiger partial charge in [-0.3, -0.25) is 24.1 Å². The second-order valence-corrected chi connectivity index (χ2v) is 11.5. The summed E-state index contributed by atoms with van der Waals surface area (Å²) in [6.07, 6.45) is 6.12. The predicted molar refractivity (Wildman–Crippen MR) is 150 cm³/mol. The zero-order chi connectivity index (χ0) is 28.2. The first-order valence-corrected chi connectivity index (χ1v) is 14.3. The summed E-state index contributed by atoms with van der Waals surface area (Å²) in [7, 11) is 1.45. The molecule has 5 rings (SSSR count). The van der Waals surface area contributed by atoms with Gasteiger partial charge in [0, 0.05) is 43.0 Å². The maximum Gasteiger partial charge on any atom is 0.252 e. The van der Waals surface area contributed by atoms with Crippen molar-refractivity contribution in [3.05, 3.63) is 53.6 Å². The third kappa shape index (κ3) is 6.35. The smallest absolute Gasteiger partial charge is 0.252 e. The molecule has 2 N–H and O–H groups in total. The molecule has 2 aromatic rings. The Kier molecular flexibility index (Phi) is 8.47. The Morgan fingerprint density at radius 2 is 1.93 bits per heavy atom. The van der Waals surface area contributed by atoms with Gasteiger partial charge in [0.1, 0.15) is 5.82 Å². The molecule has 2 bridgehead atoms. The van der Waals surface area contributed by atoms with Crippen molar-refractivity contribution in [3.63, 3.8) is 0 Å². The largest absolute Gasteiger partial charge is 0.481 e. The molecule has 2 aliphatic carbocycles. The Morgan fingerprint density at radius 1 is 1.12 bits per heavy atom. The highest BCUT2D eigenvalue weighted by molar-refractivity contribution is 6.01. The molecule has 212 valence electrons. The first-order valence-electron chi connectivity index (χ1n) is 14.3. The van der Waals surface area contributed by atoms with Crippen molar-refractivity contribution in [3.8, 4) is 5.88 Å². The molecule has 3 amide bonds. The second-order valence-electron chi connectivity index (χ2n) is 11.5. The lowest BCUT2D eigenvalue weighted by Crippen LogP contribution is -2.45. The van der Waals surface area contributed by atoms with Gasteiger partial charge >= 0.3 is 0 Å². The zero-order valence-electron chi connectivity index (χ0n) is 23.2. The number of methoxy groups -OCH3 is 1. The van der Waals surface area contributed by atoms with Crippen molar-refractivity contribution in [2.45, 2.75) is 70.4 Å². The molecule has 4 unspecified atom stereocenters. The van der Waals surface area contributed by atoms with Gasteiger partial charge < -0.3 is 15.4 Å². The highest BCUT2D eigenvalue weighted by Crippen LogP contribution is 2.44. The van der Waals surface area contributed by atoms with Crippen LogP contribution in [0.25, 0.3) is 0 Å². The number of anilines is 1. The molecule has 5 atom stereocenters. The quantitative estimate of drug-likeness (QED) is 0.446. The molecule has 2 heterocycles. The van der Waals surface area contributed by atoms with E-state index in [2.05, 4.69) is 15.6 Å². The number of hydrogen-bond donors (Lipinski definition) is 2. The van der Waals surface area contributed by atoms with Crippen LogP contribution in [-0.4, -0.2) is 54.2 Å². The average molecular weight is 547 g/mol. The van der Waals surface area contributed by atoms with Crippen LogP contribution in [-0.2, 0) is 20.8 Å². The fraction of sp³-hybridized carbons (Fsp3) is 0.516. The van der Waals surface area contributed by atoms with Gasteiger partial charge in [0.2, 0.25) is 17.7 Å². The van der Waals surface area contributed by atoms with Crippen molar-refractivity contribution in [1.29, 1.82) is 0 Å². The summed E-state index contributed by atoms with van der Waals surface area (Å²) in [6, 6.07) is 11.9. The minimum Gasteiger partial charge on any atom is -0.481 e. The van der Waals surface area contributed by atoms with Crippen LogP contribution in [0.3, 0.4) is 0 Å². The van der Waals surface area contributed by atoms with E-state index in [1.54, 1.807) is 17.9 Å². The van der Waals surface area contributed by atoms with Crippen LogP contribution in [0.4, 0.5) is 5.82 Å². The number of Topliss-reactive ketones (excluding diaryl/α,β-unsaturated/α-hetero) is 1. The van der Waals surface area contributed by atoms with Gasteiger partial charge in [-0.2, -0.15) is 4.98 Å². The molecule has 9 heteroatoms. The SMILES string of the molecule is COc1cc(C(=O)N[C@@H](Cc2ccccc2)C(=O)CC(C)C(=O)NC2CC3CCC2C3)cc(N2CCCC2=O)n1. The van der Waals surface area contributed by atoms with Crippen molar-refractivity contribution in [2.24, 2.45) is 17.8 Å². The minimum absolute atomic E-state index is 0.0254. The van der Waals surface area contributed by atoms with E-state index in [1.165, 1.54) is 32.4 Å². The number of carbonyl (C=O) groups excluding carboxylic acids is 4. The van der Waals surface area contributed by atoms with Crippen LogP contribution >= 0.6 is 0 Å².